The Morgan fingerprint density at radius 1 is 0.591 bits per heavy atom. The smallest absolute Gasteiger partial charge is 0.0524 e. The molecule has 3 rings (SSSR count). The number of hydrogen-bond acceptors (Lipinski definition) is 0. The van der Waals surface area contributed by atoms with Gasteiger partial charge in [-0.15, -0.1) is 0 Å². The Bertz CT molecular complexity index is 630. The first-order chi connectivity index (χ1) is 10.3. The van der Waals surface area contributed by atoms with Crippen molar-refractivity contribution >= 4 is 17.9 Å². The van der Waals surface area contributed by atoms with Crippen molar-refractivity contribution in [3.63, 3.8) is 0 Å². The average molecular weight is 311 g/mol. The molecule has 0 nitrogen and oxygen atoms in total. The van der Waals surface area contributed by atoms with Crippen LogP contribution in [-0.4, -0.2) is 12.3 Å². The zero-order valence-electron chi connectivity index (χ0n) is 14.9. The lowest BCUT2D eigenvalue weighted by Gasteiger charge is -2.38. The second-order valence-electron chi connectivity index (χ2n) is 7.26. The summed E-state index contributed by atoms with van der Waals surface area (Å²) in [6.07, 6.45) is 4.21. The van der Waals surface area contributed by atoms with E-state index >= 15 is 0 Å². The summed E-state index contributed by atoms with van der Waals surface area (Å²) < 4.78 is 0. The molecular formula is C21H28P+. The van der Waals surface area contributed by atoms with Gasteiger partial charge >= 0.3 is 0 Å². The highest BCUT2D eigenvalue weighted by molar-refractivity contribution is 7.91. The van der Waals surface area contributed by atoms with Crippen molar-refractivity contribution in [1.82, 2.24) is 0 Å². The Kier molecular flexibility index (Phi) is 3.94. The van der Waals surface area contributed by atoms with Crippen molar-refractivity contribution in [2.45, 2.75) is 48.0 Å². The zero-order valence-corrected chi connectivity index (χ0v) is 15.8. The van der Waals surface area contributed by atoms with E-state index in [0.717, 1.165) is 0 Å². The van der Waals surface area contributed by atoms with E-state index in [4.69, 9.17) is 0 Å². The Balaban J connectivity index is 2.28. The zero-order chi connectivity index (χ0) is 16.1. The third-order valence-corrected chi connectivity index (χ3v) is 10.5. The molecule has 22 heavy (non-hydrogen) atoms. The Morgan fingerprint density at radius 2 is 0.909 bits per heavy atom. The summed E-state index contributed by atoms with van der Waals surface area (Å²) in [6.45, 7) is 13.8. The van der Waals surface area contributed by atoms with Crippen molar-refractivity contribution in [2.24, 2.45) is 0 Å². The summed E-state index contributed by atoms with van der Waals surface area (Å²) in [4.78, 5) is 0. The maximum Gasteiger partial charge on any atom is 0.105 e. The van der Waals surface area contributed by atoms with Gasteiger partial charge in [0.05, 0.1) is 19.6 Å². The first-order valence-corrected chi connectivity index (χ1v) is 10.5. The molecule has 0 bridgehead atoms. The van der Waals surface area contributed by atoms with Gasteiger partial charge in [0.25, 0.3) is 0 Å². The summed E-state index contributed by atoms with van der Waals surface area (Å²) in [5, 5.41) is 3.42. The molecule has 0 saturated carbocycles. The average Bonchev–Trinajstić information content (AvgIpc) is 2.32. The van der Waals surface area contributed by atoms with Gasteiger partial charge in [0.1, 0.15) is 10.6 Å². The lowest BCUT2D eigenvalue weighted by molar-refractivity contribution is 1.01. The largest absolute Gasteiger partial charge is 0.105 e. The van der Waals surface area contributed by atoms with Crippen molar-refractivity contribution in [2.75, 3.05) is 12.3 Å². The summed E-state index contributed by atoms with van der Waals surface area (Å²) in [7, 11) is -1.16. The first kappa shape index (κ1) is 15.8. The van der Waals surface area contributed by atoms with E-state index in [-0.39, 0.29) is 0 Å². The van der Waals surface area contributed by atoms with Crippen LogP contribution in [0.15, 0.2) is 24.3 Å². The molecule has 1 heteroatoms. The molecule has 1 fully saturated rings. The highest BCUT2D eigenvalue weighted by Gasteiger charge is 2.52. The predicted molar refractivity (Wildman–Crippen MR) is 102 cm³/mol. The van der Waals surface area contributed by atoms with E-state index in [0.29, 0.717) is 0 Å². The van der Waals surface area contributed by atoms with Crippen molar-refractivity contribution in [3.05, 3.63) is 57.6 Å². The Hall–Kier alpha value is -1.13. The van der Waals surface area contributed by atoms with Gasteiger partial charge in [-0.1, -0.05) is 35.4 Å². The lowest BCUT2D eigenvalue weighted by atomic mass is 10.1. The molecule has 0 aliphatic carbocycles. The monoisotopic (exact) mass is 311 g/mol. The van der Waals surface area contributed by atoms with Crippen LogP contribution >= 0.6 is 7.26 Å². The van der Waals surface area contributed by atoms with Crippen molar-refractivity contribution in [1.29, 1.82) is 0 Å². The van der Waals surface area contributed by atoms with Gasteiger partial charge in [0, 0.05) is 6.42 Å². The molecule has 0 radical (unpaired) electrons. The lowest BCUT2D eigenvalue weighted by Crippen LogP contribution is -2.39. The summed E-state index contributed by atoms with van der Waals surface area (Å²) in [6, 6.07) is 9.56. The minimum Gasteiger partial charge on any atom is -0.0524 e. The third-order valence-electron chi connectivity index (χ3n) is 5.21. The van der Waals surface area contributed by atoms with Crippen LogP contribution in [-0.2, 0) is 0 Å². The number of hydrogen-bond donors (Lipinski definition) is 0. The fourth-order valence-electron chi connectivity index (χ4n) is 4.73. The molecule has 0 aromatic heterocycles. The standard InChI is InChI=1S/C21H28P/c1-14-10-16(3)20(17(4)11-14)22(8-7-9-22)21-18(5)12-15(2)13-19(21)6/h10-13H,7-9H2,1-6H3/q+1. The maximum absolute atomic E-state index is 2.39. The van der Waals surface area contributed by atoms with Crippen LogP contribution in [0.25, 0.3) is 0 Å². The maximum atomic E-state index is 2.39. The Morgan fingerprint density at radius 3 is 1.14 bits per heavy atom. The van der Waals surface area contributed by atoms with Gasteiger partial charge in [0.2, 0.25) is 0 Å². The van der Waals surface area contributed by atoms with Gasteiger partial charge in [-0.05, 0) is 63.8 Å². The normalized spacial score (nSPS) is 16.5. The van der Waals surface area contributed by atoms with E-state index in [1.165, 1.54) is 52.1 Å². The minimum absolute atomic E-state index is 1.16. The van der Waals surface area contributed by atoms with E-state index in [2.05, 4.69) is 65.8 Å². The molecule has 116 valence electrons. The van der Waals surface area contributed by atoms with E-state index < -0.39 is 7.26 Å². The van der Waals surface area contributed by atoms with Crippen LogP contribution in [0.5, 0.6) is 0 Å². The molecule has 0 atom stereocenters. The van der Waals surface area contributed by atoms with Gasteiger partial charge in [-0.3, -0.25) is 0 Å². The van der Waals surface area contributed by atoms with E-state index in [1.54, 1.807) is 10.6 Å². The molecule has 0 spiro atoms. The van der Waals surface area contributed by atoms with Crippen LogP contribution in [0.2, 0.25) is 0 Å². The van der Waals surface area contributed by atoms with Crippen LogP contribution < -0.4 is 10.6 Å². The topological polar surface area (TPSA) is 0 Å². The summed E-state index contributed by atoms with van der Waals surface area (Å²) in [5.41, 5.74) is 8.87. The number of benzene rings is 2. The fraction of sp³-hybridized carbons (Fsp3) is 0.429. The highest BCUT2D eigenvalue weighted by Crippen LogP contribution is 2.66. The molecule has 2 aromatic carbocycles. The van der Waals surface area contributed by atoms with Gasteiger partial charge in [-0.25, -0.2) is 0 Å². The second-order valence-corrected chi connectivity index (χ2v) is 11.0. The second kappa shape index (κ2) is 5.50. The predicted octanol–water partition coefficient (Wildman–Crippen LogP) is 4.91. The van der Waals surface area contributed by atoms with Crippen LogP contribution in [0.3, 0.4) is 0 Å². The first-order valence-electron chi connectivity index (χ1n) is 8.39. The molecule has 1 saturated heterocycles. The third kappa shape index (κ3) is 2.33. The molecule has 1 heterocycles. The summed E-state index contributed by atoms with van der Waals surface area (Å²) in [5.74, 6) is 0. The number of rotatable bonds is 2. The van der Waals surface area contributed by atoms with Crippen LogP contribution in [0, 0.1) is 41.5 Å². The van der Waals surface area contributed by atoms with Crippen LogP contribution in [0.1, 0.15) is 39.8 Å². The van der Waals surface area contributed by atoms with Gasteiger partial charge in [0.15, 0.2) is 0 Å². The SMILES string of the molecule is Cc1cc(C)c([P+]2(c3c(C)cc(C)cc3C)CCC2)c(C)c1. The molecule has 1 aliphatic heterocycles. The minimum atomic E-state index is -1.16. The quantitative estimate of drug-likeness (QED) is 0.691. The van der Waals surface area contributed by atoms with Crippen LogP contribution in [0.4, 0.5) is 0 Å². The fourth-order valence-corrected chi connectivity index (χ4v) is 9.75. The number of aryl methyl sites for hydroxylation is 6. The summed E-state index contributed by atoms with van der Waals surface area (Å²) >= 11 is 0. The molecule has 1 aliphatic rings. The molecule has 2 aromatic rings. The van der Waals surface area contributed by atoms with Gasteiger partial charge < -0.3 is 0 Å². The molecule has 0 amide bonds. The Labute approximate surface area is 136 Å². The highest BCUT2D eigenvalue weighted by atomic mass is 31.2. The van der Waals surface area contributed by atoms with E-state index in [9.17, 15) is 0 Å². The molecule has 0 unspecified atom stereocenters. The molecule has 0 N–H and O–H groups in total. The van der Waals surface area contributed by atoms with Crippen molar-refractivity contribution in [3.8, 4) is 0 Å². The van der Waals surface area contributed by atoms with Gasteiger partial charge in [-0.2, -0.15) is 0 Å². The molecular weight excluding hydrogens is 283 g/mol. The van der Waals surface area contributed by atoms with Crippen molar-refractivity contribution < 1.29 is 0 Å². The van der Waals surface area contributed by atoms with E-state index in [1.807, 2.05) is 0 Å².